The summed E-state index contributed by atoms with van der Waals surface area (Å²) >= 11 is 0. The highest BCUT2D eigenvalue weighted by Gasteiger charge is 2.29. The van der Waals surface area contributed by atoms with Gasteiger partial charge in [0.25, 0.3) is 0 Å². The summed E-state index contributed by atoms with van der Waals surface area (Å²) in [5, 5.41) is 3.96. The maximum Gasteiger partial charge on any atom is 0.236 e. The van der Waals surface area contributed by atoms with Crippen molar-refractivity contribution in [3.05, 3.63) is 76.9 Å². The number of carbonyl (C=O) groups excluding carboxylic acids is 1. The summed E-state index contributed by atoms with van der Waals surface area (Å²) in [4.78, 5) is 12.3. The third-order valence-electron chi connectivity index (χ3n) is 4.83. The third kappa shape index (κ3) is 5.27. The van der Waals surface area contributed by atoms with Gasteiger partial charge in [-0.05, 0) is 30.5 Å². The molecule has 1 saturated heterocycles. The number of piperidine rings is 1. The highest BCUT2D eigenvalue weighted by atomic mass is 32.2. The molecule has 2 aromatic rings. The Balaban J connectivity index is 1.51. The minimum atomic E-state index is -3.52. The third-order valence-corrected chi connectivity index (χ3v) is 6.39. The average Bonchev–Trinajstić information content (AvgIpc) is 2.72. The fourth-order valence-corrected chi connectivity index (χ4v) is 4.38. The molecule has 0 spiro atoms. The van der Waals surface area contributed by atoms with E-state index in [4.69, 9.17) is 0 Å². The van der Waals surface area contributed by atoms with Crippen molar-refractivity contribution in [3.63, 3.8) is 0 Å². The van der Waals surface area contributed by atoms with Crippen molar-refractivity contribution in [1.29, 1.82) is 0 Å². The van der Waals surface area contributed by atoms with Crippen molar-refractivity contribution < 1.29 is 17.6 Å². The van der Waals surface area contributed by atoms with Crippen molar-refractivity contribution in [1.82, 2.24) is 9.62 Å². The standard InChI is InChI=1S/C21H23FN2O3S/c22-20-9-5-4-8-19(20)16-23-21(25)18-10-13-24(14-11-18)28(26,27)15-12-17-6-2-1-3-7-17/h1-9,12,15,18H,10-11,13-14,16H2,(H,23,25)/b15-12+. The van der Waals surface area contributed by atoms with E-state index in [2.05, 4.69) is 5.32 Å². The fourth-order valence-electron chi connectivity index (χ4n) is 3.16. The second kappa shape index (κ2) is 9.12. The number of amides is 1. The normalized spacial score (nSPS) is 16.3. The molecule has 1 amide bonds. The van der Waals surface area contributed by atoms with Gasteiger partial charge in [-0.3, -0.25) is 4.79 Å². The number of carbonyl (C=O) groups is 1. The van der Waals surface area contributed by atoms with Crippen LogP contribution in [0.1, 0.15) is 24.0 Å². The smallest absolute Gasteiger partial charge is 0.236 e. The number of hydrogen-bond acceptors (Lipinski definition) is 3. The van der Waals surface area contributed by atoms with Gasteiger partial charge in [-0.2, -0.15) is 4.31 Å². The molecule has 0 unspecified atom stereocenters. The predicted octanol–water partition coefficient (Wildman–Crippen LogP) is 3.15. The first-order valence-electron chi connectivity index (χ1n) is 9.20. The minimum absolute atomic E-state index is 0.129. The lowest BCUT2D eigenvalue weighted by atomic mass is 9.97. The van der Waals surface area contributed by atoms with Crippen molar-refractivity contribution in [2.45, 2.75) is 19.4 Å². The van der Waals surface area contributed by atoms with E-state index < -0.39 is 10.0 Å². The summed E-state index contributed by atoms with van der Waals surface area (Å²) in [6.07, 6.45) is 2.46. The maximum atomic E-state index is 13.6. The van der Waals surface area contributed by atoms with Crippen LogP contribution in [0.3, 0.4) is 0 Å². The summed E-state index contributed by atoms with van der Waals surface area (Å²) in [6.45, 7) is 0.711. The zero-order valence-electron chi connectivity index (χ0n) is 15.4. The van der Waals surface area contributed by atoms with E-state index in [1.54, 1.807) is 24.3 Å². The molecule has 5 nitrogen and oxygen atoms in total. The summed E-state index contributed by atoms with van der Waals surface area (Å²) in [5.74, 6) is -0.787. The molecule has 148 valence electrons. The zero-order valence-corrected chi connectivity index (χ0v) is 16.2. The Labute approximate surface area is 164 Å². The van der Waals surface area contributed by atoms with Gasteiger partial charge in [-0.25, -0.2) is 12.8 Å². The minimum Gasteiger partial charge on any atom is -0.352 e. The molecular weight excluding hydrogens is 379 g/mol. The maximum absolute atomic E-state index is 13.6. The molecule has 0 saturated carbocycles. The lowest BCUT2D eigenvalue weighted by Gasteiger charge is -2.29. The molecule has 2 aromatic carbocycles. The van der Waals surface area contributed by atoms with E-state index in [1.807, 2.05) is 30.3 Å². The van der Waals surface area contributed by atoms with Crippen LogP contribution in [-0.2, 0) is 21.4 Å². The van der Waals surface area contributed by atoms with Crippen LogP contribution in [0.5, 0.6) is 0 Å². The summed E-state index contributed by atoms with van der Waals surface area (Å²) in [7, 11) is -3.52. The van der Waals surface area contributed by atoms with Gasteiger partial charge in [0.2, 0.25) is 15.9 Å². The summed E-state index contributed by atoms with van der Waals surface area (Å²) in [5.41, 5.74) is 1.25. The van der Waals surface area contributed by atoms with E-state index in [9.17, 15) is 17.6 Å². The number of benzene rings is 2. The highest BCUT2D eigenvalue weighted by molar-refractivity contribution is 7.92. The number of sulfonamides is 1. The monoisotopic (exact) mass is 402 g/mol. The number of nitrogens with zero attached hydrogens (tertiary/aromatic N) is 1. The molecule has 0 radical (unpaired) electrons. The molecule has 1 heterocycles. The second-order valence-corrected chi connectivity index (χ2v) is 8.56. The Hall–Kier alpha value is -2.51. The molecule has 1 N–H and O–H groups in total. The molecule has 0 aromatic heterocycles. The van der Waals surface area contributed by atoms with Gasteiger partial charge in [0, 0.05) is 36.5 Å². The Kier molecular flexibility index (Phi) is 6.59. The first kappa shape index (κ1) is 20.2. The number of hydrogen-bond donors (Lipinski definition) is 1. The van der Waals surface area contributed by atoms with Crippen LogP contribution in [0.2, 0.25) is 0 Å². The zero-order chi connectivity index (χ0) is 20.0. The van der Waals surface area contributed by atoms with Gasteiger partial charge in [0.05, 0.1) is 0 Å². The number of nitrogens with one attached hydrogen (secondary N) is 1. The van der Waals surface area contributed by atoms with E-state index >= 15 is 0 Å². The Morgan fingerprint density at radius 2 is 1.71 bits per heavy atom. The number of halogens is 1. The van der Waals surface area contributed by atoms with Gasteiger partial charge in [-0.1, -0.05) is 48.5 Å². The predicted molar refractivity (Wildman–Crippen MR) is 107 cm³/mol. The van der Waals surface area contributed by atoms with E-state index in [0.29, 0.717) is 31.5 Å². The molecule has 1 fully saturated rings. The Morgan fingerprint density at radius 1 is 1.07 bits per heavy atom. The molecule has 0 bridgehead atoms. The van der Waals surface area contributed by atoms with E-state index in [1.165, 1.54) is 15.8 Å². The van der Waals surface area contributed by atoms with Gasteiger partial charge in [0.15, 0.2) is 0 Å². The van der Waals surface area contributed by atoms with E-state index in [0.717, 1.165) is 5.56 Å². The second-order valence-electron chi connectivity index (χ2n) is 6.74. The Morgan fingerprint density at radius 3 is 2.39 bits per heavy atom. The molecule has 0 aliphatic carbocycles. The molecule has 7 heteroatoms. The molecular formula is C21H23FN2O3S. The van der Waals surface area contributed by atoms with Crippen molar-refractivity contribution in [2.24, 2.45) is 5.92 Å². The molecule has 1 aliphatic rings. The van der Waals surface area contributed by atoms with E-state index in [-0.39, 0.29) is 24.2 Å². The molecule has 1 aliphatic heterocycles. The lowest BCUT2D eigenvalue weighted by Crippen LogP contribution is -2.42. The SMILES string of the molecule is O=C(NCc1ccccc1F)C1CCN(S(=O)(=O)/C=C/c2ccccc2)CC1. The molecule has 28 heavy (non-hydrogen) atoms. The van der Waals surface area contributed by atoms with Crippen molar-refractivity contribution in [3.8, 4) is 0 Å². The van der Waals surface area contributed by atoms with Crippen LogP contribution in [0, 0.1) is 11.7 Å². The summed E-state index contributed by atoms with van der Waals surface area (Å²) < 4.78 is 40.0. The quantitative estimate of drug-likeness (QED) is 0.807. The number of rotatable bonds is 6. The van der Waals surface area contributed by atoms with Crippen LogP contribution in [0.4, 0.5) is 4.39 Å². The Bertz CT molecular complexity index is 937. The van der Waals surface area contributed by atoms with Crippen molar-refractivity contribution >= 4 is 22.0 Å². The molecule has 0 atom stereocenters. The first-order valence-corrected chi connectivity index (χ1v) is 10.7. The van der Waals surface area contributed by atoms with Gasteiger partial charge < -0.3 is 5.32 Å². The van der Waals surface area contributed by atoms with Crippen LogP contribution in [0.25, 0.3) is 6.08 Å². The lowest BCUT2D eigenvalue weighted by molar-refractivity contribution is -0.126. The van der Waals surface area contributed by atoms with Crippen LogP contribution in [-0.4, -0.2) is 31.7 Å². The van der Waals surface area contributed by atoms with Crippen LogP contribution in [0.15, 0.2) is 60.0 Å². The van der Waals surface area contributed by atoms with Crippen LogP contribution >= 0.6 is 0 Å². The largest absolute Gasteiger partial charge is 0.352 e. The van der Waals surface area contributed by atoms with Gasteiger partial charge >= 0.3 is 0 Å². The fraction of sp³-hybridized carbons (Fsp3) is 0.286. The highest BCUT2D eigenvalue weighted by Crippen LogP contribution is 2.21. The summed E-state index contributed by atoms with van der Waals surface area (Å²) in [6, 6.07) is 15.5. The average molecular weight is 402 g/mol. The van der Waals surface area contributed by atoms with Gasteiger partial charge in [-0.15, -0.1) is 0 Å². The van der Waals surface area contributed by atoms with Crippen molar-refractivity contribution in [2.75, 3.05) is 13.1 Å². The topological polar surface area (TPSA) is 66.5 Å². The van der Waals surface area contributed by atoms with Gasteiger partial charge in [0.1, 0.15) is 5.82 Å². The van der Waals surface area contributed by atoms with Crippen LogP contribution < -0.4 is 5.32 Å². The molecule has 3 rings (SSSR count). The first-order chi connectivity index (χ1) is 13.5.